The van der Waals surface area contributed by atoms with Crippen LogP contribution in [0.4, 0.5) is 0 Å². The Bertz CT molecular complexity index is 617. The van der Waals surface area contributed by atoms with Gasteiger partial charge in [-0.05, 0) is 25.8 Å². The number of nitrogens with zero attached hydrogens (tertiary/aromatic N) is 2. The molecule has 6 nitrogen and oxygen atoms in total. The summed E-state index contributed by atoms with van der Waals surface area (Å²) in [5.41, 5.74) is 2.17. The molecule has 0 bridgehead atoms. The molecule has 0 aliphatic carbocycles. The van der Waals surface area contributed by atoms with Crippen LogP contribution in [0, 0.1) is 13.8 Å². The summed E-state index contributed by atoms with van der Waals surface area (Å²) in [5, 5.41) is 0. The Kier molecular flexibility index (Phi) is 6.54. The zero-order chi connectivity index (χ0) is 17.7. The van der Waals surface area contributed by atoms with Gasteiger partial charge in [-0.25, -0.2) is 4.79 Å². The molecule has 0 fully saturated rings. The van der Waals surface area contributed by atoms with E-state index in [2.05, 4.69) is 0 Å². The van der Waals surface area contributed by atoms with Crippen LogP contribution in [0.1, 0.15) is 58.8 Å². The van der Waals surface area contributed by atoms with Crippen LogP contribution in [-0.2, 0) is 16.6 Å². The second kappa shape index (κ2) is 7.94. The molecule has 1 aromatic heterocycles. The van der Waals surface area contributed by atoms with Crippen molar-refractivity contribution in [2.45, 2.75) is 40.5 Å². The average molecular weight is 322 g/mol. The smallest absolute Gasteiger partial charge is 0.354 e. The first-order valence-corrected chi connectivity index (χ1v) is 7.85. The summed E-state index contributed by atoms with van der Waals surface area (Å²) >= 11 is 0. The molecule has 0 aliphatic heterocycles. The molecule has 128 valence electrons. The summed E-state index contributed by atoms with van der Waals surface area (Å²) in [5.74, 6) is -0.664. The highest BCUT2D eigenvalue weighted by Gasteiger charge is 2.26. The van der Waals surface area contributed by atoms with Crippen molar-refractivity contribution in [2.75, 3.05) is 20.2 Å². The third-order valence-electron chi connectivity index (χ3n) is 4.07. The molecular weight excluding hydrogens is 296 g/mol. The molecule has 1 amide bonds. The lowest BCUT2D eigenvalue weighted by Gasteiger charge is -2.21. The van der Waals surface area contributed by atoms with Crippen molar-refractivity contribution >= 4 is 17.7 Å². The van der Waals surface area contributed by atoms with Crippen LogP contribution >= 0.6 is 0 Å². The van der Waals surface area contributed by atoms with Gasteiger partial charge in [0.2, 0.25) is 5.91 Å². The monoisotopic (exact) mass is 322 g/mol. The van der Waals surface area contributed by atoms with Gasteiger partial charge in [0.25, 0.3) is 0 Å². The molecular formula is C17H26N2O4. The van der Waals surface area contributed by atoms with Crippen molar-refractivity contribution in [2.24, 2.45) is 7.05 Å². The van der Waals surface area contributed by atoms with E-state index in [0.717, 1.165) is 6.42 Å². The summed E-state index contributed by atoms with van der Waals surface area (Å²) in [6, 6.07) is 0. The van der Waals surface area contributed by atoms with Crippen LogP contribution in [0.5, 0.6) is 0 Å². The normalized spacial score (nSPS) is 10.5. The van der Waals surface area contributed by atoms with E-state index in [-0.39, 0.29) is 18.2 Å². The topological polar surface area (TPSA) is 68.6 Å². The van der Waals surface area contributed by atoms with Crippen LogP contribution in [0.25, 0.3) is 0 Å². The molecule has 0 saturated carbocycles. The molecule has 0 aliphatic rings. The number of carbonyl (C=O) groups excluding carboxylic acids is 3. The number of hydrogen-bond acceptors (Lipinski definition) is 4. The summed E-state index contributed by atoms with van der Waals surface area (Å²) in [7, 11) is 3.04. The fourth-order valence-electron chi connectivity index (χ4n) is 2.81. The predicted octanol–water partition coefficient (Wildman–Crippen LogP) is 2.26. The lowest BCUT2D eigenvalue weighted by atomic mass is 10.0. The van der Waals surface area contributed by atoms with Crippen LogP contribution in [-0.4, -0.2) is 47.3 Å². The first kappa shape index (κ1) is 18.9. The fraction of sp³-hybridized carbons (Fsp3) is 0.588. The molecule has 23 heavy (non-hydrogen) atoms. The summed E-state index contributed by atoms with van der Waals surface area (Å²) in [6.07, 6.45) is 1.16. The van der Waals surface area contributed by atoms with Crippen LogP contribution in [0.3, 0.4) is 0 Å². The second-order valence-corrected chi connectivity index (χ2v) is 5.58. The first-order chi connectivity index (χ1) is 10.8. The third kappa shape index (κ3) is 3.81. The minimum Gasteiger partial charge on any atom is -0.464 e. The van der Waals surface area contributed by atoms with Gasteiger partial charge in [0.1, 0.15) is 5.69 Å². The first-order valence-electron chi connectivity index (χ1n) is 7.85. The molecule has 0 radical (unpaired) electrons. The molecule has 0 unspecified atom stereocenters. The van der Waals surface area contributed by atoms with Crippen molar-refractivity contribution in [1.29, 1.82) is 0 Å². The van der Waals surface area contributed by atoms with Crippen LogP contribution in [0.2, 0.25) is 0 Å². The highest BCUT2D eigenvalue weighted by Crippen LogP contribution is 2.22. The van der Waals surface area contributed by atoms with E-state index in [1.54, 1.807) is 37.3 Å². The van der Waals surface area contributed by atoms with E-state index in [1.807, 2.05) is 6.92 Å². The standard InChI is InChI=1S/C17H26N2O4/c1-7-9-19(14(21)8-2)10-13(20)15-11(3)16(17(22)23-6)18(5)12(15)4/h7-10H2,1-6H3. The van der Waals surface area contributed by atoms with Gasteiger partial charge in [-0.15, -0.1) is 0 Å². The Balaban J connectivity index is 3.18. The molecule has 1 rings (SSSR count). The number of ether oxygens (including phenoxy) is 1. The van der Waals surface area contributed by atoms with Gasteiger partial charge in [-0.2, -0.15) is 0 Å². The zero-order valence-electron chi connectivity index (χ0n) is 14.9. The summed E-state index contributed by atoms with van der Waals surface area (Å²) < 4.78 is 6.45. The molecule has 0 saturated heterocycles. The van der Waals surface area contributed by atoms with Gasteiger partial charge in [0, 0.05) is 31.3 Å². The van der Waals surface area contributed by atoms with E-state index < -0.39 is 5.97 Å². The number of ketones is 1. The van der Waals surface area contributed by atoms with E-state index >= 15 is 0 Å². The van der Waals surface area contributed by atoms with E-state index in [9.17, 15) is 14.4 Å². The van der Waals surface area contributed by atoms with E-state index in [1.165, 1.54) is 7.11 Å². The summed E-state index contributed by atoms with van der Waals surface area (Å²) in [6.45, 7) is 7.86. The highest BCUT2D eigenvalue weighted by atomic mass is 16.5. The van der Waals surface area contributed by atoms with Gasteiger partial charge in [-0.1, -0.05) is 13.8 Å². The lowest BCUT2D eigenvalue weighted by molar-refractivity contribution is -0.130. The lowest BCUT2D eigenvalue weighted by Crippen LogP contribution is -2.36. The minimum atomic E-state index is -0.470. The average Bonchev–Trinajstić information content (AvgIpc) is 2.75. The second-order valence-electron chi connectivity index (χ2n) is 5.58. The molecule has 0 atom stereocenters. The number of carbonyl (C=O) groups is 3. The van der Waals surface area contributed by atoms with Crippen LogP contribution in [0.15, 0.2) is 0 Å². The Morgan fingerprint density at radius 2 is 1.78 bits per heavy atom. The Hall–Kier alpha value is -2.11. The Morgan fingerprint density at radius 3 is 2.26 bits per heavy atom. The molecule has 1 aromatic rings. The van der Waals surface area contributed by atoms with Gasteiger partial charge in [0.15, 0.2) is 5.78 Å². The quantitative estimate of drug-likeness (QED) is 0.570. The number of rotatable bonds is 7. The maximum absolute atomic E-state index is 12.7. The molecule has 6 heteroatoms. The number of esters is 1. The van der Waals surface area contributed by atoms with Crippen molar-refractivity contribution in [3.05, 3.63) is 22.5 Å². The number of Topliss-reactive ketones (excluding diaryl/α,β-unsaturated/α-hetero) is 1. The van der Waals surface area contributed by atoms with Crippen LogP contribution < -0.4 is 0 Å². The largest absolute Gasteiger partial charge is 0.464 e. The third-order valence-corrected chi connectivity index (χ3v) is 4.07. The van der Waals surface area contributed by atoms with Crippen molar-refractivity contribution in [1.82, 2.24) is 9.47 Å². The minimum absolute atomic E-state index is 0.0345. The SMILES string of the molecule is CCCN(CC(=O)c1c(C)c(C(=O)OC)n(C)c1C)C(=O)CC. The maximum atomic E-state index is 12.7. The van der Waals surface area contributed by atoms with Gasteiger partial charge in [-0.3, -0.25) is 9.59 Å². The summed E-state index contributed by atoms with van der Waals surface area (Å²) in [4.78, 5) is 38.1. The molecule has 0 aromatic carbocycles. The Morgan fingerprint density at radius 1 is 1.17 bits per heavy atom. The number of hydrogen-bond donors (Lipinski definition) is 0. The molecule has 0 spiro atoms. The van der Waals surface area contributed by atoms with E-state index in [0.29, 0.717) is 35.5 Å². The van der Waals surface area contributed by atoms with Gasteiger partial charge < -0.3 is 14.2 Å². The molecule has 0 N–H and O–H groups in total. The molecule has 1 heterocycles. The fourth-order valence-corrected chi connectivity index (χ4v) is 2.81. The van der Waals surface area contributed by atoms with E-state index in [4.69, 9.17) is 4.74 Å². The highest BCUT2D eigenvalue weighted by molar-refractivity contribution is 6.04. The van der Waals surface area contributed by atoms with Crippen molar-refractivity contribution in [3.8, 4) is 0 Å². The Labute approximate surface area is 137 Å². The van der Waals surface area contributed by atoms with Crippen molar-refractivity contribution < 1.29 is 19.1 Å². The number of amides is 1. The van der Waals surface area contributed by atoms with Crippen molar-refractivity contribution in [3.63, 3.8) is 0 Å². The van der Waals surface area contributed by atoms with Gasteiger partial charge in [0.05, 0.1) is 13.7 Å². The number of methoxy groups -OCH3 is 1. The number of aromatic nitrogens is 1. The maximum Gasteiger partial charge on any atom is 0.354 e. The van der Waals surface area contributed by atoms with Gasteiger partial charge >= 0.3 is 5.97 Å². The predicted molar refractivity (Wildman–Crippen MR) is 87.7 cm³/mol. The zero-order valence-corrected chi connectivity index (χ0v) is 14.9.